The molecule has 2 N–H and O–H groups in total. The van der Waals surface area contributed by atoms with Crippen LogP contribution >= 0.6 is 39.0 Å². The zero-order valence-corrected chi connectivity index (χ0v) is 20.5. The molecule has 1 aromatic heterocycles. The van der Waals surface area contributed by atoms with E-state index in [1.165, 1.54) is 23.1 Å². The molecule has 1 saturated carbocycles. The number of amides is 1. The zero-order chi connectivity index (χ0) is 23.1. The number of thioether (sulfide) groups is 1. The Kier molecular flexibility index (Phi) is 6.11. The van der Waals surface area contributed by atoms with Gasteiger partial charge in [-0.05, 0) is 48.6 Å². The van der Waals surface area contributed by atoms with Crippen LogP contribution in [0.5, 0.6) is 0 Å². The van der Waals surface area contributed by atoms with Gasteiger partial charge in [0.05, 0.1) is 27.8 Å². The fraction of sp³-hybridized carbons (Fsp3) is 0.250. The number of anilines is 1. The fourth-order valence-corrected chi connectivity index (χ4v) is 6.90. The van der Waals surface area contributed by atoms with Gasteiger partial charge in [0.2, 0.25) is 5.91 Å². The number of nitrogens with zero attached hydrogens (tertiary/aromatic N) is 1. The number of rotatable bonds is 7. The van der Waals surface area contributed by atoms with Crippen molar-refractivity contribution in [3.8, 4) is 0 Å². The van der Waals surface area contributed by atoms with Gasteiger partial charge in [-0.15, -0.1) is 11.3 Å². The van der Waals surface area contributed by atoms with E-state index in [2.05, 4.69) is 26.2 Å². The number of carbonyl (C=O) groups is 3. The van der Waals surface area contributed by atoms with E-state index in [1.807, 2.05) is 36.4 Å². The number of carbonyl (C=O) groups excluding carboxylic acids is 2. The molecule has 0 saturated heterocycles. The summed E-state index contributed by atoms with van der Waals surface area (Å²) in [6.45, 7) is 0. The molecule has 5 rings (SSSR count). The quantitative estimate of drug-likeness (QED) is 0.232. The number of carboxylic acids is 1. The molecule has 4 atom stereocenters. The lowest BCUT2D eigenvalue weighted by Gasteiger charge is -2.23. The highest BCUT2D eigenvalue weighted by atomic mass is 79.9. The first-order valence-corrected chi connectivity index (χ1v) is 13.0. The number of hydrogen-bond acceptors (Lipinski definition) is 6. The molecule has 2 aliphatic carbocycles. The summed E-state index contributed by atoms with van der Waals surface area (Å²) < 4.78 is 2.60. The average Bonchev–Trinajstić information content (AvgIpc) is 3.51. The summed E-state index contributed by atoms with van der Waals surface area (Å²) in [4.78, 5) is 41.6. The summed E-state index contributed by atoms with van der Waals surface area (Å²) in [6.07, 6.45) is 4.62. The number of halogens is 1. The molecular formula is C24H19BrN2O4S2. The lowest BCUT2D eigenvalue weighted by atomic mass is 9.82. The Hall–Kier alpha value is -2.49. The molecule has 33 heavy (non-hydrogen) atoms. The second-order valence-corrected chi connectivity index (χ2v) is 11.4. The van der Waals surface area contributed by atoms with Gasteiger partial charge in [0.15, 0.2) is 10.1 Å². The third-order valence-electron chi connectivity index (χ3n) is 6.18. The van der Waals surface area contributed by atoms with Gasteiger partial charge in [-0.2, -0.15) is 0 Å². The van der Waals surface area contributed by atoms with Crippen molar-refractivity contribution in [1.82, 2.24) is 4.98 Å². The van der Waals surface area contributed by atoms with Crippen LogP contribution in [0.2, 0.25) is 0 Å². The second kappa shape index (κ2) is 9.04. The Bertz CT molecular complexity index is 1290. The number of ketones is 1. The Balaban J connectivity index is 1.26. The topological polar surface area (TPSA) is 96.4 Å². The highest BCUT2D eigenvalue weighted by Crippen LogP contribution is 2.48. The maximum Gasteiger partial charge on any atom is 0.307 e. The Morgan fingerprint density at radius 2 is 1.82 bits per heavy atom. The monoisotopic (exact) mass is 542 g/mol. The molecule has 0 radical (unpaired) electrons. The van der Waals surface area contributed by atoms with E-state index in [1.54, 1.807) is 18.2 Å². The van der Waals surface area contributed by atoms with Crippen LogP contribution in [-0.4, -0.2) is 33.5 Å². The maximum atomic E-state index is 12.9. The molecule has 9 heteroatoms. The van der Waals surface area contributed by atoms with E-state index in [0.717, 1.165) is 25.4 Å². The van der Waals surface area contributed by atoms with Gasteiger partial charge in [-0.1, -0.05) is 52.0 Å². The number of aromatic nitrogens is 1. The molecule has 6 nitrogen and oxygen atoms in total. The number of thiazole rings is 1. The summed E-state index contributed by atoms with van der Waals surface area (Å²) >= 11 is 6.22. The first-order valence-electron chi connectivity index (χ1n) is 10.4. The number of Topliss-reactive ketones (excluding diaryl/α,β-unsaturated/α-hetero) is 1. The minimum atomic E-state index is -0.913. The number of benzene rings is 2. The number of nitrogens with one attached hydrogen (secondary N) is 1. The van der Waals surface area contributed by atoms with Gasteiger partial charge >= 0.3 is 5.97 Å². The van der Waals surface area contributed by atoms with Gasteiger partial charge in [-0.25, -0.2) is 4.98 Å². The highest BCUT2D eigenvalue weighted by molar-refractivity contribution is 9.10. The van der Waals surface area contributed by atoms with Crippen LogP contribution in [0.4, 0.5) is 5.69 Å². The van der Waals surface area contributed by atoms with E-state index in [4.69, 9.17) is 0 Å². The number of allylic oxidation sites excluding steroid dienone is 2. The molecular weight excluding hydrogens is 524 g/mol. The van der Waals surface area contributed by atoms with Crippen molar-refractivity contribution in [2.45, 2.75) is 10.8 Å². The molecule has 1 fully saturated rings. The SMILES string of the molecule is O=C(CSc1nc2ccc(NC(=O)[C@H]3[C@@H](C(=O)O)[C@H]4C=C[C@H]3C4)cc2s1)c1ccc(Br)cc1. The maximum absolute atomic E-state index is 12.9. The Labute approximate surface area is 206 Å². The summed E-state index contributed by atoms with van der Waals surface area (Å²) in [5.74, 6) is -2.14. The van der Waals surface area contributed by atoms with Gasteiger partial charge in [0.25, 0.3) is 0 Å². The van der Waals surface area contributed by atoms with E-state index >= 15 is 0 Å². The number of aliphatic carboxylic acids is 1. The van der Waals surface area contributed by atoms with Gasteiger partial charge < -0.3 is 10.4 Å². The van der Waals surface area contributed by atoms with Crippen molar-refractivity contribution >= 4 is 72.6 Å². The normalized spacial score (nSPS) is 23.2. The smallest absolute Gasteiger partial charge is 0.307 e. The molecule has 0 unspecified atom stereocenters. The standard InChI is InChI=1S/C24H19BrN2O4S2/c25-15-5-3-12(4-6-15)18(28)11-32-24-27-17-8-7-16(10-19(17)33-24)26-22(29)20-13-1-2-14(9-13)21(20)23(30)31/h1-8,10,13-14,20-21H,9,11H2,(H,26,29)(H,30,31)/t13-,14-,20+,21-/m0/s1. The number of carboxylic acid groups (broad SMARTS) is 1. The van der Waals surface area contributed by atoms with Crippen LogP contribution in [0.15, 0.2) is 63.4 Å². The zero-order valence-electron chi connectivity index (χ0n) is 17.2. The minimum absolute atomic E-state index is 0.0190. The summed E-state index contributed by atoms with van der Waals surface area (Å²) in [7, 11) is 0. The largest absolute Gasteiger partial charge is 0.481 e. The van der Waals surface area contributed by atoms with Crippen molar-refractivity contribution in [3.05, 3.63) is 64.7 Å². The van der Waals surface area contributed by atoms with Gasteiger partial charge in [0.1, 0.15) is 0 Å². The van der Waals surface area contributed by atoms with E-state index < -0.39 is 17.8 Å². The molecule has 168 valence electrons. The molecule has 0 aliphatic heterocycles. The van der Waals surface area contributed by atoms with Crippen LogP contribution in [0.3, 0.4) is 0 Å². The summed E-state index contributed by atoms with van der Waals surface area (Å²) in [5.41, 5.74) is 2.07. The number of fused-ring (bicyclic) bond motifs is 3. The van der Waals surface area contributed by atoms with Crippen LogP contribution in [0.1, 0.15) is 16.8 Å². The summed E-state index contributed by atoms with van der Waals surface area (Å²) in [5, 5.41) is 12.5. The fourth-order valence-electron chi connectivity index (χ4n) is 4.63. The predicted octanol–water partition coefficient (Wildman–Crippen LogP) is 5.50. The van der Waals surface area contributed by atoms with E-state index in [9.17, 15) is 19.5 Å². The molecule has 2 bridgehead atoms. The van der Waals surface area contributed by atoms with Crippen molar-refractivity contribution in [1.29, 1.82) is 0 Å². The molecule has 0 spiro atoms. The first kappa shape index (κ1) is 22.3. The van der Waals surface area contributed by atoms with Crippen molar-refractivity contribution in [2.24, 2.45) is 23.7 Å². The van der Waals surface area contributed by atoms with Crippen LogP contribution in [-0.2, 0) is 9.59 Å². The Morgan fingerprint density at radius 1 is 1.09 bits per heavy atom. The van der Waals surface area contributed by atoms with Gasteiger partial charge in [0, 0.05) is 15.7 Å². The van der Waals surface area contributed by atoms with Crippen molar-refractivity contribution in [2.75, 3.05) is 11.1 Å². The average molecular weight is 543 g/mol. The molecule has 1 amide bonds. The third-order valence-corrected chi connectivity index (χ3v) is 8.87. The van der Waals surface area contributed by atoms with Crippen molar-refractivity contribution in [3.63, 3.8) is 0 Å². The molecule has 2 aliphatic rings. The second-order valence-electron chi connectivity index (χ2n) is 8.21. The third kappa shape index (κ3) is 4.49. The van der Waals surface area contributed by atoms with Crippen molar-refractivity contribution < 1.29 is 19.5 Å². The first-order chi connectivity index (χ1) is 15.9. The van der Waals surface area contributed by atoms with E-state index in [-0.39, 0.29) is 23.5 Å². The molecule has 1 heterocycles. The molecule has 3 aromatic rings. The van der Waals surface area contributed by atoms with Crippen LogP contribution in [0, 0.1) is 23.7 Å². The summed E-state index contributed by atoms with van der Waals surface area (Å²) in [6, 6.07) is 12.7. The molecule has 2 aromatic carbocycles. The minimum Gasteiger partial charge on any atom is -0.481 e. The lowest BCUT2D eigenvalue weighted by molar-refractivity contribution is -0.146. The number of hydrogen-bond donors (Lipinski definition) is 2. The van der Waals surface area contributed by atoms with E-state index in [0.29, 0.717) is 17.0 Å². The Morgan fingerprint density at radius 3 is 2.55 bits per heavy atom. The predicted molar refractivity (Wildman–Crippen MR) is 133 cm³/mol. The van der Waals surface area contributed by atoms with Crippen LogP contribution < -0.4 is 5.32 Å². The highest BCUT2D eigenvalue weighted by Gasteiger charge is 2.51. The van der Waals surface area contributed by atoms with Crippen LogP contribution in [0.25, 0.3) is 10.2 Å². The van der Waals surface area contributed by atoms with Gasteiger partial charge in [-0.3, -0.25) is 14.4 Å². The lowest BCUT2D eigenvalue weighted by Crippen LogP contribution is -2.36.